The number of hydrogen-bond acceptors (Lipinski definition) is 3. The van der Waals surface area contributed by atoms with Crippen LogP contribution in [0.4, 0.5) is 5.69 Å². The quantitative estimate of drug-likeness (QED) is 0.805. The van der Waals surface area contributed by atoms with Crippen molar-refractivity contribution < 1.29 is 14.3 Å². The molecule has 98 valence electrons. The van der Waals surface area contributed by atoms with Crippen LogP contribution in [0.2, 0.25) is 0 Å². The third-order valence-corrected chi connectivity index (χ3v) is 2.91. The first-order valence-electron chi connectivity index (χ1n) is 6.46. The second kappa shape index (κ2) is 5.76. The molecule has 1 heterocycles. The van der Waals surface area contributed by atoms with Gasteiger partial charge in [0.2, 0.25) is 5.91 Å². The molecule has 1 saturated heterocycles. The van der Waals surface area contributed by atoms with Crippen molar-refractivity contribution in [2.24, 2.45) is 0 Å². The number of hydrogen-bond donors (Lipinski definition) is 0. The van der Waals surface area contributed by atoms with Crippen molar-refractivity contribution in [3.63, 3.8) is 0 Å². The summed E-state index contributed by atoms with van der Waals surface area (Å²) in [6.45, 7) is 5.84. The van der Waals surface area contributed by atoms with Crippen molar-refractivity contribution in [3.05, 3.63) is 18.2 Å². The molecule has 2 rings (SSSR count). The lowest BCUT2D eigenvalue weighted by Gasteiger charge is -2.18. The molecule has 1 aromatic rings. The topological polar surface area (TPSA) is 38.8 Å². The summed E-state index contributed by atoms with van der Waals surface area (Å²) in [7, 11) is 0. The van der Waals surface area contributed by atoms with E-state index in [-0.39, 0.29) is 5.91 Å². The molecule has 1 fully saturated rings. The van der Waals surface area contributed by atoms with Crippen LogP contribution in [-0.2, 0) is 4.79 Å². The van der Waals surface area contributed by atoms with Crippen LogP contribution in [0.15, 0.2) is 18.2 Å². The van der Waals surface area contributed by atoms with E-state index in [4.69, 9.17) is 9.47 Å². The minimum atomic E-state index is 0.182. The third kappa shape index (κ3) is 2.58. The first-order chi connectivity index (χ1) is 8.76. The van der Waals surface area contributed by atoms with Crippen LogP contribution in [0.25, 0.3) is 0 Å². The van der Waals surface area contributed by atoms with Gasteiger partial charge in [0.1, 0.15) is 0 Å². The fourth-order valence-electron chi connectivity index (χ4n) is 2.13. The Labute approximate surface area is 107 Å². The summed E-state index contributed by atoms with van der Waals surface area (Å²) in [5.41, 5.74) is 0.893. The minimum absolute atomic E-state index is 0.182. The molecule has 1 aliphatic heterocycles. The number of carbonyl (C=O) groups excluding carboxylic acids is 1. The number of carbonyl (C=O) groups is 1. The maximum atomic E-state index is 11.7. The van der Waals surface area contributed by atoms with Crippen molar-refractivity contribution in [1.29, 1.82) is 0 Å². The molecular weight excluding hydrogens is 230 g/mol. The highest BCUT2D eigenvalue weighted by Gasteiger charge is 2.22. The van der Waals surface area contributed by atoms with Gasteiger partial charge in [-0.2, -0.15) is 0 Å². The monoisotopic (exact) mass is 249 g/mol. The van der Waals surface area contributed by atoms with E-state index in [1.165, 1.54) is 0 Å². The molecule has 0 bridgehead atoms. The summed E-state index contributed by atoms with van der Waals surface area (Å²) < 4.78 is 11.1. The van der Waals surface area contributed by atoms with Crippen LogP contribution in [0, 0.1) is 0 Å². The molecule has 0 aliphatic carbocycles. The molecule has 1 aliphatic rings. The fourth-order valence-corrected chi connectivity index (χ4v) is 2.13. The highest BCUT2D eigenvalue weighted by Crippen LogP contribution is 2.33. The smallest absolute Gasteiger partial charge is 0.227 e. The number of ether oxygens (including phenoxy) is 2. The molecule has 1 aromatic carbocycles. The van der Waals surface area contributed by atoms with Crippen LogP contribution in [0.1, 0.15) is 26.7 Å². The zero-order valence-corrected chi connectivity index (χ0v) is 10.9. The molecule has 0 atom stereocenters. The number of rotatable bonds is 5. The van der Waals surface area contributed by atoms with E-state index in [0.717, 1.165) is 24.4 Å². The summed E-state index contributed by atoms with van der Waals surface area (Å²) in [5.74, 6) is 1.62. The van der Waals surface area contributed by atoms with Crippen molar-refractivity contribution in [2.75, 3.05) is 24.7 Å². The zero-order chi connectivity index (χ0) is 13.0. The highest BCUT2D eigenvalue weighted by atomic mass is 16.5. The molecule has 0 radical (unpaired) electrons. The predicted octanol–water partition coefficient (Wildman–Crippen LogP) is 2.61. The maximum Gasteiger partial charge on any atom is 0.227 e. The minimum Gasteiger partial charge on any atom is -0.490 e. The van der Waals surface area contributed by atoms with E-state index < -0.39 is 0 Å². The van der Waals surface area contributed by atoms with E-state index in [9.17, 15) is 4.79 Å². The van der Waals surface area contributed by atoms with E-state index >= 15 is 0 Å². The largest absolute Gasteiger partial charge is 0.490 e. The second-order valence-electron chi connectivity index (χ2n) is 4.15. The van der Waals surface area contributed by atoms with Crippen molar-refractivity contribution in [2.45, 2.75) is 26.7 Å². The Morgan fingerprint density at radius 3 is 2.50 bits per heavy atom. The number of anilines is 1. The first-order valence-corrected chi connectivity index (χ1v) is 6.46. The van der Waals surface area contributed by atoms with Gasteiger partial charge >= 0.3 is 0 Å². The van der Waals surface area contributed by atoms with Gasteiger partial charge < -0.3 is 14.4 Å². The van der Waals surface area contributed by atoms with Crippen molar-refractivity contribution >= 4 is 11.6 Å². The van der Waals surface area contributed by atoms with Crippen LogP contribution in [0.5, 0.6) is 11.5 Å². The third-order valence-electron chi connectivity index (χ3n) is 2.91. The molecule has 18 heavy (non-hydrogen) atoms. The molecule has 0 aromatic heterocycles. The first kappa shape index (κ1) is 12.7. The van der Waals surface area contributed by atoms with E-state index in [1.807, 2.05) is 32.0 Å². The summed E-state index contributed by atoms with van der Waals surface area (Å²) >= 11 is 0. The molecule has 0 N–H and O–H groups in total. The molecule has 0 saturated carbocycles. The van der Waals surface area contributed by atoms with E-state index in [1.54, 1.807) is 4.90 Å². The van der Waals surface area contributed by atoms with E-state index in [0.29, 0.717) is 25.4 Å². The Morgan fingerprint density at radius 1 is 1.17 bits per heavy atom. The number of benzene rings is 1. The van der Waals surface area contributed by atoms with Crippen molar-refractivity contribution in [1.82, 2.24) is 0 Å². The average Bonchev–Trinajstić information content (AvgIpc) is 2.78. The number of amides is 1. The Kier molecular flexibility index (Phi) is 4.07. The zero-order valence-electron chi connectivity index (χ0n) is 10.9. The molecule has 4 heteroatoms. The van der Waals surface area contributed by atoms with Gasteiger partial charge in [0.25, 0.3) is 0 Å². The van der Waals surface area contributed by atoms with Gasteiger partial charge in [-0.15, -0.1) is 0 Å². The SMILES string of the molecule is CCOc1ccc(N2CCCC2=O)cc1OCC. The fraction of sp³-hybridized carbons (Fsp3) is 0.500. The average molecular weight is 249 g/mol. The van der Waals surface area contributed by atoms with Gasteiger partial charge in [0.15, 0.2) is 11.5 Å². The van der Waals surface area contributed by atoms with Crippen LogP contribution < -0.4 is 14.4 Å². The Balaban J connectivity index is 2.27. The van der Waals surface area contributed by atoms with Crippen LogP contribution >= 0.6 is 0 Å². The van der Waals surface area contributed by atoms with Gasteiger partial charge in [-0.25, -0.2) is 0 Å². The van der Waals surface area contributed by atoms with Gasteiger partial charge in [0.05, 0.1) is 13.2 Å². The maximum absolute atomic E-state index is 11.7. The molecule has 0 unspecified atom stereocenters. The highest BCUT2D eigenvalue weighted by molar-refractivity contribution is 5.95. The lowest BCUT2D eigenvalue weighted by Crippen LogP contribution is -2.23. The molecular formula is C14H19NO3. The van der Waals surface area contributed by atoms with Gasteiger partial charge in [-0.3, -0.25) is 4.79 Å². The standard InChI is InChI=1S/C14H19NO3/c1-3-17-12-8-7-11(10-13(12)18-4-2)15-9-5-6-14(15)16/h7-8,10H,3-6,9H2,1-2H3. The molecule has 0 spiro atoms. The van der Waals surface area contributed by atoms with Gasteiger partial charge in [-0.1, -0.05) is 0 Å². The lowest BCUT2D eigenvalue weighted by atomic mass is 10.2. The van der Waals surface area contributed by atoms with Crippen LogP contribution in [0.3, 0.4) is 0 Å². The van der Waals surface area contributed by atoms with Gasteiger partial charge in [0, 0.05) is 24.7 Å². The number of nitrogens with zero attached hydrogens (tertiary/aromatic N) is 1. The molecule has 4 nitrogen and oxygen atoms in total. The molecule has 1 amide bonds. The second-order valence-corrected chi connectivity index (χ2v) is 4.15. The van der Waals surface area contributed by atoms with Crippen LogP contribution in [-0.4, -0.2) is 25.7 Å². The summed E-state index contributed by atoms with van der Waals surface area (Å²) in [4.78, 5) is 13.5. The summed E-state index contributed by atoms with van der Waals surface area (Å²) in [5, 5.41) is 0. The summed E-state index contributed by atoms with van der Waals surface area (Å²) in [6.07, 6.45) is 1.56. The van der Waals surface area contributed by atoms with Crippen molar-refractivity contribution in [3.8, 4) is 11.5 Å². The Bertz CT molecular complexity index is 431. The Morgan fingerprint density at radius 2 is 1.89 bits per heavy atom. The summed E-state index contributed by atoms with van der Waals surface area (Å²) in [6, 6.07) is 5.67. The van der Waals surface area contributed by atoms with E-state index in [2.05, 4.69) is 0 Å². The Hall–Kier alpha value is -1.71. The predicted molar refractivity (Wildman–Crippen MR) is 70.4 cm³/mol. The lowest BCUT2D eigenvalue weighted by molar-refractivity contribution is -0.117. The van der Waals surface area contributed by atoms with Gasteiger partial charge in [-0.05, 0) is 32.4 Å². The normalized spacial score (nSPS) is 15.0.